The van der Waals surface area contributed by atoms with Crippen LogP contribution in [0, 0.1) is 0 Å². The molecule has 1 saturated heterocycles. The SMILES string of the molecule is CCCNc1nc(N2CCOCC2)c2ccccc2n1. The van der Waals surface area contributed by atoms with Crippen molar-refractivity contribution in [2.75, 3.05) is 43.1 Å². The monoisotopic (exact) mass is 272 g/mol. The summed E-state index contributed by atoms with van der Waals surface area (Å²) in [6, 6.07) is 8.18. The van der Waals surface area contributed by atoms with Crippen LogP contribution in [0.4, 0.5) is 11.8 Å². The average molecular weight is 272 g/mol. The molecule has 0 saturated carbocycles. The molecule has 1 aromatic heterocycles. The first-order valence-electron chi connectivity index (χ1n) is 7.22. The van der Waals surface area contributed by atoms with Crippen LogP contribution in [-0.2, 0) is 4.74 Å². The molecule has 1 fully saturated rings. The lowest BCUT2D eigenvalue weighted by atomic mass is 10.2. The van der Waals surface area contributed by atoms with Crippen molar-refractivity contribution in [1.82, 2.24) is 9.97 Å². The van der Waals surface area contributed by atoms with Crippen LogP contribution in [0.2, 0.25) is 0 Å². The highest BCUT2D eigenvalue weighted by Crippen LogP contribution is 2.25. The summed E-state index contributed by atoms with van der Waals surface area (Å²) in [5.41, 5.74) is 0.989. The smallest absolute Gasteiger partial charge is 0.225 e. The van der Waals surface area contributed by atoms with Gasteiger partial charge in [-0.05, 0) is 18.6 Å². The fourth-order valence-corrected chi connectivity index (χ4v) is 2.39. The summed E-state index contributed by atoms with van der Waals surface area (Å²) in [6.07, 6.45) is 1.06. The molecule has 2 heterocycles. The molecule has 1 aliphatic rings. The van der Waals surface area contributed by atoms with Gasteiger partial charge in [0.15, 0.2) is 0 Å². The summed E-state index contributed by atoms with van der Waals surface area (Å²) in [6.45, 7) is 6.31. The molecule has 1 aliphatic heterocycles. The number of aromatic nitrogens is 2. The van der Waals surface area contributed by atoms with Crippen LogP contribution in [0.25, 0.3) is 10.9 Å². The molecule has 0 radical (unpaired) electrons. The van der Waals surface area contributed by atoms with E-state index < -0.39 is 0 Å². The largest absolute Gasteiger partial charge is 0.378 e. The lowest BCUT2D eigenvalue weighted by molar-refractivity contribution is 0.122. The maximum atomic E-state index is 5.43. The van der Waals surface area contributed by atoms with Gasteiger partial charge in [-0.2, -0.15) is 4.98 Å². The van der Waals surface area contributed by atoms with E-state index in [1.54, 1.807) is 0 Å². The summed E-state index contributed by atoms with van der Waals surface area (Å²) >= 11 is 0. The van der Waals surface area contributed by atoms with Gasteiger partial charge in [0.25, 0.3) is 0 Å². The van der Waals surface area contributed by atoms with Crippen molar-refractivity contribution in [3.8, 4) is 0 Å². The maximum Gasteiger partial charge on any atom is 0.225 e. The Labute approximate surface area is 119 Å². The molecule has 5 nitrogen and oxygen atoms in total. The predicted octanol–water partition coefficient (Wildman–Crippen LogP) is 2.29. The molecular weight excluding hydrogens is 252 g/mol. The fourth-order valence-electron chi connectivity index (χ4n) is 2.39. The summed E-state index contributed by atoms with van der Waals surface area (Å²) in [7, 11) is 0. The highest BCUT2D eigenvalue weighted by atomic mass is 16.5. The Balaban J connectivity index is 2.02. The molecule has 0 bridgehead atoms. The third-order valence-corrected chi connectivity index (χ3v) is 3.43. The summed E-state index contributed by atoms with van der Waals surface area (Å²) in [5, 5.41) is 4.39. The number of morpholine rings is 1. The van der Waals surface area contributed by atoms with Gasteiger partial charge in [-0.15, -0.1) is 0 Å². The second-order valence-electron chi connectivity index (χ2n) is 4.91. The first-order valence-corrected chi connectivity index (χ1v) is 7.22. The number of benzene rings is 1. The van der Waals surface area contributed by atoms with Crippen molar-refractivity contribution in [3.05, 3.63) is 24.3 Å². The van der Waals surface area contributed by atoms with E-state index >= 15 is 0 Å². The van der Waals surface area contributed by atoms with Crippen molar-refractivity contribution >= 4 is 22.7 Å². The molecule has 3 rings (SSSR count). The zero-order chi connectivity index (χ0) is 13.8. The number of fused-ring (bicyclic) bond motifs is 1. The molecule has 0 amide bonds. The van der Waals surface area contributed by atoms with Gasteiger partial charge in [0.05, 0.1) is 18.7 Å². The Morgan fingerprint density at radius 3 is 2.80 bits per heavy atom. The Hall–Kier alpha value is -1.88. The van der Waals surface area contributed by atoms with E-state index in [0.29, 0.717) is 5.95 Å². The first kappa shape index (κ1) is 13.1. The maximum absolute atomic E-state index is 5.43. The Bertz CT molecular complexity index is 581. The lowest BCUT2D eigenvalue weighted by Gasteiger charge is -2.29. The molecule has 0 unspecified atom stereocenters. The number of rotatable bonds is 4. The van der Waals surface area contributed by atoms with Crippen molar-refractivity contribution < 1.29 is 4.74 Å². The van der Waals surface area contributed by atoms with Gasteiger partial charge in [-0.1, -0.05) is 19.1 Å². The molecule has 1 aromatic carbocycles. The number of anilines is 2. The van der Waals surface area contributed by atoms with Crippen molar-refractivity contribution in [1.29, 1.82) is 0 Å². The van der Waals surface area contributed by atoms with Gasteiger partial charge in [0.1, 0.15) is 5.82 Å². The van der Waals surface area contributed by atoms with E-state index in [-0.39, 0.29) is 0 Å². The van der Waals surface area contributed by atoms with Gasteiger partial charge in [-0.25, -0.2) is 4.98 Å². The number of hydrogen-bond acceptors (Lipinski definition) is 5. The molecular formula is C15H20N4O. The third-order valence-electron chi connectivity index (χ3n) is 3.43. The summed E-state index contributed by atoms with van der Waals surface area (Å²) in [4.78, 5) is 11.6. The van der Waals surface area contributed by atoms with Crippen LogP contribution >= 0.6 is 0 Å². The third kappa shape index (κ3) is 2.67. The lowest BCUT2D eigenvalue weighted by Crippen LogP contribution is -2.37. The highest BCUT2D eigenvalue weighted by Gasteiger charge is 2.16. The summed E-state index contributed by atoms with van der Waals surface area (Å²) in [5.74, 6) is 1.73. The first-order chi connectivity index (χ1) is 9.88. The quantitative estimate of drug-likeness (QED) is 0.925. The molecule has 1 N–H and O–H groups in total. The molecule has 0 spiro atoms. The van der Waals surface area contributed by atoms with Crippen molar-refractivity contribution in [2.45, 2.75) is 13.3 Å². The predicted molar refractivity (Wildman–Crippen MR) is 81.4 cm³/mol. The molecule has 0 atom stereocenters. The van der Waals surface area contributed by atoms with Gasteiger partial charge >= 0.3 is 0 Å². The van der Waals surface area contributed by atoms with E-state index in [1.165, 1.54) is 0 Å². The van der Waals surface area contributed by atoms with Gasteiger partial charge in [0.2, 0.25) is 5.95 Å². The number of para-hydroxylation sites is 1. The normalized spacial score (nSPS) is 15.6. The van der Waals surface area contributed by atoms with Crippen LogP contribution in [0.15, 0.2) is 24.3 Å². The van der Waals surface area contributed by atoms with Gasteiger partial charge < -0.3 is 15.0 Å². The van der Waals surface area contributed by atoms with E-state index in [9.17, 15) is 0 Å². The average Bonchev–Trinajstić information content (AvgIpc) is 2.53. The molecule has 2 aromatic rings. The summed E-state index contributed by atoms with van der Waals surface area (Å²) < 4.78 is 5.43. The van der Waals surface area contributed by atoms with E-state index in [4.69, 9.17) is 9.72 Å². The van der Waals surface area contributed by atoms with Crippen molar-refractivity contribution in [3.63, 3.8) is 0 Å². The zero-order valence-corrected chi connectivity index (χ0v) is 11.8. The fraction of sp³-hybridized carbons (Fsp3) is 0.467. The number of hydrogen-bond donors (Lipinski definition) is 1. The Kier molecular flexibility index (Phi) is 3.97. The van der Waals surface area contributed by atoms with E-state index in [2.05, 4.69) is 28.2 Å². The van der Waals surface area contributed by atoms with Gasteiger partial charge in [-0.3, -0.25) is 0 Å². The van der Waals surface area contributed by atoms with Crippen molar-refractivity contribution in [2.24, 2.45) is 0 Å². The number of nitrogens with one attached hydrogen (secondary N) is 1. The molecule has 20 heavy (non-hydrogen) atoms. The molecule has 0 aliphatic carbocycles. The van der Waals surface area contributed by atoms with Crippen LogP contribution in [0.1, 0.15) is 13.3 Å². The number of ether oxygens (including phenoxy) is 1. The second-order valence-corrected chi connectivity index (χ2v) is 4.91. The van der Waals surface area contributed by atoms with E-state index in [1.807, 2.05) is 18.2 Å². The van der Waals surface area contributed by atoms with Crippen LogP contribution in [0.5, 0.6) is 0 Å². The van der Waals surface area contributed by atoms with Crippen LogP contribution in [0.3, 0.4) is 0 Å². The standard InChI is InChI=1S/C15H20N4O/c1-2-7-16-15-17-13-6-4-3-5-12(13)14(18-15)19-8-10-20-11-9-19/h3-6H,2,7-11H2,1H3,(H,16,17,18). The second kappa shape index (κ2) is 6.05. The zero-order valence-electron chi connectivity index (χ0n) is 11.8. The molecule has 106 valence electrons. The van der Waals surface area contributed by atoms with Crippen LogP contribution in [-0.4, -0.2) is 42.8 Å². The number of nitrogens with zero attached hydrogens (tertiary/aromatic N) is 3. The van der Waals surface area contributed by atoms with Crippen LogP contribution < -0.4 is 10.2 Å². The van der Waals surface area contributed by atoms with Gasteiger partial charge in [0, 0.05) is 25.0 Å². The topological polar surface area (TPSA) is 50.3 Å². The van der Waals surface area contributed by atoms with E-state index in [0.717, 1.165) is 56.0 Å². The highest BCUT2D eigenvalue weighted by molar-refractivity contribution is 5.90. The minimum absolute atomic E-state index is 0.715. The Morgan fingerprint density at radius 1 is 1.20 bits per heavy atom. The minimum Gasteiger partial charge on any atom is -0.378 e. The Morgan fingerprint density at radius 2 is 2.00 bits per heavy atom. The minimum atomic E-state index is 0.715. The molecule has 5 heteroatoms.